The predicted octanol–water partition coefficient (Wildman–Crippen LogP) is 2.25. The second kappa shape index (κ2) is 5.54. The van der Waals surface area contributed by atoms with Crippen molar-refractivity contribution >= 4 is 17.2 Å². The van der Waals surface area contributed by atoms with Gasteiger partial charge in [0.05, 0.1) is 11.7 Å². The zero-order valence-electron chi connectivity index (χ0n) is 9.02. The number of carbonyl (C=O) groups is 1. The van der Waals surface area contributed by atoms with Crippen LogP contribution in [0.4, 0.5) is 4.39 Å². The maximum Gasteiger partial charge on any atom is 0.263 e. The van der Waals surface area contributed by atoms with Gasteiger partial charge in [-0.1, -0.05) is 18.2 Å². The molecule has 2 aromatic rings. The van der Waals surface area contributed by atoms with Crippen molar-refractivity contribution in [1.82, 2.24) is 10.3 Å². The number of amides is 1. The normalized spacial score (nSPS) is 10.2. The van der Waals surface area contributed by atoms with E-state index in [4.69, 9.17) is 0 Å². The second-order valence-electron chi connectivity index (χ2n) is 3.46. The van der Waals surface area contributed by atoms with Gasteiger partial charge in [0.25, 0.3) is 5.91 Å². The number of rotatable bonds is 4. The van der Waals surface area contributed by atoms with Crippen LogP contribution in [0.2, 0.25) is 0 Å². The number of hydrogen-bond donors (Lipinski definition) is 1. The first-order chi connectivity index (χ1) is 8.27. The molecule has 5 heteroatoms. The van der Waals surface area contributed by atoms with Crippen molar-refractivity contribution in [3.8, 4) is 0 Å². The smallest absolute Gasteiger partial charge is 0.263 e. The average Bonchev–Trinajstić information content (AvgIpc) is 2.85. The highest BCUT2D eigenvalue weighted by Crippen LogP contribution is 2.07. The molecule has 0 unspecified atom stereocenters. The first-order valence-electron chi connectivity index (χ1n) is 5.17. The summed E-state index contributed by atoms with van der Waals surface area (Å²) < 4.78 is 13.3. The van der Waals surface area contributed by atoms with Gasteiger partial charge >= 0.3 is 0 Å². The van der Waals surface area contributed by atoms with E-state index in [-0.39, 0.29) is 11.7 Å². The number of hydrogen-bond acceptors (Lipinski definition) is 3. The molecule has 0 saturated carbocycles. The number of aromatic nitrogens is 1. The van der Waals surface area contributed by atoms with Crippen molar-refractivity contribution in [2.75, 3.05) is 6.54 Å². The molecule has 1 aromatic carbocycles. The van der Waals surface area contributed by atoms with Gasteiger partial charge in [-0.05, 0) is 18.1 Å². The molecule has 1 amide bonds. The highest BCUT2D eigenvalue weighted by atomic mass is 32.1. The molecule has 0 saturated heterocycles. The maximum atomic E-state index is 13.3. The summed E-state index contributed by atoms with van der Waals surface area (Å²) in [5, 5.41) is 2.73. The summed E-state index contributed by atoms with van der Waals surface area (Å²) in [6.07, 6.45) is 2.00. The minimum atomic E-state index is -0.237. The van der Waals surface area contributed by atoms with Gasteiger partial charge in [-0.15, -0.1) is 11.3 Å². The molecule has 0 spiro atoms. The van der Waals surface area contributed by atoms with Crippen LogP contribution in [0.1, 0.15) is 15.2 Å². The van der Waals surface area contributed by atoms with Crippen molar-refractivity contribution in [3.05, 3.63) is 52.2 Å². The lowest BCUT2D eigenvalue weighted by Gasteiger charge is -2.04. The number of nitrogens with zero attached hydrogens (tertiary/aromatic N) is 1. The third kappa shape index (κ3) is 3.10. The van der Waals surface area contributed by atoms with Gasteiger partial charge in [-0.3, -0.25) is 9.78 Å². The van der Waals surface area contributed by atoms with Crippen LogP contribution in [-0.4, -0.2) is 17.4 Å². The molecule has 2 rings (SSSR count). The van der Waals surface area contributed by atoms with E-state index in [1.165, 1.54) is 23.6 Å². The van der Waals surface area contributed by atoms with Gasteiger partial charge in [0.2, 0.25) is 0 Å². The van der Waals surface area contributed by atoms with E-state index in [0.29, 0.717) is 23.4 Å². The van der Waals surface area contributed by atoms with Gasteiger partial charge in [0, 0.05) is 6.54 Å². The zero-order valence-corrected chi connectivity index (χ0v) is 9.84. The molecular weight excluding hydrogens is 239 g/mol. The Morgan fingerprint density at radius 3 is 2.94 bits per heavy atom. The van der Waals surface area contributed by atoms with Gasteiger partial charge in [-0.25, -0.2) is 4.39 Å². The third-order valence-electron chi connectivity index (χ3n) is 2.29. The molecule has 1 aromatic heterocycles. The molecule has 3 nitrogen and oxygen atoms in total. The first kappa shape index (κ1) is 11.7. The molecule has 0 aliphatic carbocycles. The number of halogens is 1. The van der Waals surface area contributed by atoms with Gasteiger partial charge in [0.1, 0.15) is 10.7 Å². The Morgan fingerprint density at radius 1 is 1.41 bits per heavy atom. The highest BCUT2D eigenvalue weighted by molar-refractivity contribution is 7.11. The fraction of sp³-hybridized carbons (Fsp3) is 0.167. The van der Waals surface area contributed by atoms with E-state index in [9.17, 15) is 9.18 Å². The van der Waals surface area contributed by atoms with E-state index in [1.54, 1.807) is 23.7 Å². The summed E-state index contributed by atoms with van der Waals surface area (Å²) in [4.78, 5) is 15.9. The number of thiazole rings is 1. The first-order valence-corrected chi connectivity index (χ1v) is 6.05. The maximum absolute atomic E-state index is 13.3. The predicted molar refractivity (Wildman–Crippen MR) is 64.6 cm³/mol. The van der Waals surface area contributed by atoms with Crippen molar-refractivity contribution in [1.29, 1.82) is 0 Å². The summed E-state index contributed by atoms with van der Waals surface area (Å²) in [7, 11) is 0. The molecule has 1 heterocycles. The summed E-state index contributed by atoms with van der Waals surface area (Å²) in [6.45, 7) is 0.414. The number of carbonyl (C=O) groups excluding carboxylic acids is 1. The minimum absolute atomic E-state index is 0.163. The molecular formula is C12H11FN2OS. The summed E-state index contributed by atoms with van der Waals surface area (Å²) in [5.74, 6) is -0.400. The standard InChI is InChI=1S/C12H11FN2OS/c13-10-4-2-1-3-9(10)5-6-15-12(16)11-7-14-8-17-11/h1-4,7-8H,5-6H2,(H,15,16). The summed E-state index contributed by atoms with van der Waals surface area (Å²) in [6, 6.07) is 6.56. The van der Waals surface area contributed by atoms with Gasteiger partial charge in [0.15, 0.2) is 0 Å². The second-order valence-corrected chi connectivity index (χ2v) is 4.35. The fourth-order valence-corrected chi connectivity index (χ4v) is 1.96. The van der Waals surface area contributed by atoms with Crippen LogP contribution >= 0.6 is 11.3 Å². The van der Waals surface area contributed by atoms with E-state index in [0.717, 1.165) is 0 Å². The van der Waals surface area contributed by atoms with Crippen molar-refractivity contribution in [2.45, 2.75) is 6.42 Å². The average molecular weight is 250 g/mol. The van der Waals surface area contributed by atoms with Gasteiger partial charge < -0.3 is 5.32 Å². The van der Waals surface area contributed by atoms with E-state index >= 15 is 0 Å². The lowest BCUT2D eigenvalue weighted by Crippen LogP contribution is -2.25. The molecule has 17 heavy (non-hydrogen) atoms. The minimum Gasteiger partial charge on any atom is -0.351 e. The molecule has 0 aliphatic heterocycles. The zero-order chi connectivity index (χ0) is 12.1. The Bertz CT molecular complexity index is 499. The highest BCUT2D eigenvalue weighted by Gasteiger charge is 2.06. The lowest BCUT2D eigenvalue weighted by atomic mass is 10.1. The van der Waals surface area contributed by atoms with E-state index < -0.39 is 0 Å². The van der Waals surface area contributed by atoms with Crippen LogP contribution < -0.4 is 5.32 Å². The van der Waals surface area contributed by atoms with Gasteiger partial charge in [-0.2, -0.15) is 0 Å². The van der Waals surface area contributed by atoms with Crippen LogP contribution in [-0.2, 0) is 6.42 Å². The fourth-order valence-electron chi connectivity index (χ4n) is 1.43. The van der Waals surface area contributed by atoms with Crippen molar-refractivity contribution in [3.63, 3.8) is 0 Å². The van der Waals surface area contributed by atoms with Crippen LogP contribution in [0.3, 0.4) is 0 Å². The van der Waals surface area contributed by atoms with E-state index in [1.807, 2.05) is 0 Å². The summed E-state index contributed by atoms with van der Waals surface area (Å²) >= 11 is 1.28. The Kier molecular flexibility index (Phi) is 3.82. The Balaban J connectivity index is 1.84. The molecule has 0 bridgehead atoms. The van der Waals surface area contributed by atoms with Crippen LogP contribution in [0.5, 0.6) is 0 Å². The molecule has 88 valence electrons. The third-order valence-corrected chi connectivity index (χ3v) is 3.07. The Morgan fingerprint density at radius 2 is 2.24 bits per heavy atom. The molecule has 0 aliphatic rings. The largest absolute Gasteiger partial charge is 0.351 e. The van der Waals surface area contributed by atoms with Crippen LogP contribution in [0.25, 0.3) is 0 Å². The van der Waals surface area contributed by atoms with E-state index in [2.05, 4.69) is 10.3 Å². The SMILES string of the molecule is O=C(NCCc1ccccc1F)c1cncs1. The quantitative estimate of drug-likeness (QED) is 0.904. The van der Waals surface area contributed by atoms with Crippen LogP contribution in [0, 0.1) is 5.82 Å². The van der Waals surface area contributed by atoms with Crippen molar-refractivity contribution < 1.29 is 9.18 Å². The van der Waals surface area contributed by atoms with Crippen molar-refractivity contribution in [2.24, 2.45) is 0 Å². The topological polar surface area (TPSA) is 42.0 Å². The molecule has 0 atom stereocenters. The molecule has 0 fully saturated rings. The summed E-state index contributed by atoms with van der Waals surface area (Å²) in [5.41, 5.74) is 2.21. The van der Waals surface area contributed by atoms with Crippen LogP contribution in [0.15, 0.2) is 36.0 Å². The Hall–Kier alpha value is -1.75. The lowest BCUT2D eigenvalue weighted by molar-refractivity contribution is 0.0958. The number of benzene rings is 1. The molecule has 1 N–H and O–H groups in total. The molecule has 0 radical (unpaired) electrons. The Labute approximate surface area is 102 Å². The monoisotopic (exact) mass is 250 g/mol. The number of nitrogens with one attached hydrogen (secondary N) is 1.